The predicted molar refractivity (Wildman–Crippen MR) is 105 cm³/mol. The zero-order valence-corrected chi connectivity index (χ0v) is 17.0. The normalized spacial score (nSPS) is 15.9. The molecule has 0 aromatic heterocycles. The maximum Gasteiger partial charge on any atom is 0.243 e. The minimum atomic E-state index is -3.61. The highest BCUT2D eigenvalue weighted by molar-refractivity contribution is 7.89. The van der Waals surface area contributed by atoms with Crippen molar-refractivity contribution in [3.63, 3.8) is 0 Å². The molecule has 26 heavy (non-hydrogen) atoms. The van der Waals surface area contributed by atoms with Crippen molar-refractivity contribution in [2.24, 2.45) is 0 Å². The highest BCUT2D eigenvalue weighted by Crippen LogP contribution is 2.30. The van der Waals surface area contributed by atoms with Gasteiger partial charge in [-0.2, -0.15) is 4.31 Å². The van der Waals surface area contributed by atoms with Crippen molar-refractivity contribution in [2.45, 2.75) is 4.90 Å². The molecule has 3 rings (SSSR count). The van der Waals surface area contributed by atoms with Gasteiger partial charge in [0.05, 0.1) is 27.1 Å². The summed E-state index contributed by atoms with van der Waals surface area (Å²) in [4.78, 5) is 2.25. The first kappa shape index (κ1) is 19.6. The Morgan fingerprint density at radius 3 is 2.15 bits per heavy atom. The molecule has 140 valence electrons. The summed E-state index contributed by atoms with van der Waals surface area (Å²) in [6.07, 6.45) is 0. The Kier molecular flexibility index (Phi) is 5.89. The third-order valence-electron chi connectivity index (χ3n) is 4.27. The number of benzene rings is 2. The molecule has 2 aromatic carbocycles. The third kappa shape index (κ3) is 3.89. The number of hydrogen-bond acceptors (Lipinski definition) is 4. The quantitative estimate of drug-likeness (QED) is 0.723. The molecule has 0 amide bonds. The lowest BCUT2D eigenvalue weighted by Gasteiger charge is -2.35. The molecule has 2 aromatic rings. The van der Waals surface area contributed by atoms with Gasteiger partial charge in [0.2, 0.25) is 10.0 Å². The van der Waals surface area contributed by atoms with Crippen molar-refractivity contribution in [1.29, 1.82) is 0 Å². The fraction of sp³-hybridized carbons (Fsp3) is 0.294. The molecule has 5 nitrogen and oxygen atoms in total. The SMILES string of the molecule is COc1cc(S(=O)(=O)N2CCN(c3ccc(Cl)c(Cl)c3)CC2)ccc1Cl. The minimum absolute atomic E-state index is 0.168. The Bertz CT molecular complexity index is 913. The van der Waals surface area contributed by atoms with Gasteiger partial charge in [0, 0.05) is 37.9 Å². The van der Waals surface area contributed by atoms with E-state index in [4.69, 9.17) is 39.5 Å². The van der Waals surface area contributed by atoms with Gasteiger partial charge in [-0.1, -0.05) is 34.8 Å². The molecule has 0 atom stereocenters. The van der Waals surface area contributed by atoms with Gasteiger partial charge in [-0.3, -0.25) is 0 Å². The molecule has 0 unspecified atom stereocenters. The largest absolute Gasteiger partial charge is 0.495 e. The van der Waals surface area contributed by atoms with Crippen LogP contribution in [0.15, 0.2) is 41.3 Å². The Morgan fingerprint density at radius 2 is 1.54 bits per heavy atom. The van der Waals surface area contributed by atoms with Gasteiger partial charge in [0.1, 0.15) is 5.75 Å². The van der Waals surface area contributed by atoms with E-state index in [-0.39, 0.29) is 4.90 Å². The Labute approximate surface area is 168 Å². The molecule has 1 aliphatic heterocycles. The highest BCUT2D eigenvalue weighted by Gasteiger charge is 2.29. The lowest BCUT2D eigenvalue weighted by atomic mass is 10.2. The molecule has 0 N–H and O–H groups in total. The summed E-state index contributed by atoms with van der Waals surface area (Å²) in [5.41, 5.74) is 0.921. The van der Waals surface area contributed by atoms with Crippen LogP contribution in [0.1, 0.15) is 0 Å². The van der Waals surface area contributed by atoms with Crippen LogP contribution in [-0.2, 0) is 10.0 Å². The first-order valence-electron chi connectivity index (χ1n) is 7.86. The van der Waals surface area contributed by atoms with Crippen LogP contribution < -0.4 is 9.64 Å². The number of hydrogen-bond donors (Lipinski definition) is 0. The van der Waals surface area contributed by atoms with Crippen LogP contribution >= 0.6 is 34.8 Å². The van der Waals surface area contributed by atoms with Crippen LogP contribution in [0.3, 0.4) is 0 Å². The fourth-order valence-electron chi connectivity index (χ4n) is 2.82. The van der Waals surface area contributed by atoms with E-state index in [9.17, 15) is 8.42 Å². The maximum atomic E-state index is 12.9. The predicted octanol–water partition coefficient (Wildman–Crippen LogP) is 4.17. The van der Waals surface area contributed by atoms with Gasteiger partial charge in [0.25, 0.3) is 0 Å². The van der Waals surface area contributed by atoms with E-state index in [0.717, 1.165) is 5.69 Å². The second kappa shape index (κ2) is 7.82. The molecule has 1 fully saturated rings. The zero-order valence-electron chi connectivity index (χ0n) is 14.0. The number of ether oxygens (including phenoxy) is 1. The van der Waals surface area contributed by atoms with Crippen molar-refractivity contribution in [3.8, 4) is 5.75 Å². The average Bonchev–Trinajstić information content (AvgIpc) is 2.64. The number of rotatable bonds is 4. The number of nitrogens with zero attached hydrogens (tertiary/aromatic N) is 2. The fourth-order valence-corrected chi connectivity index (χ4v) is 4.74. The number of sulfonamides is 1. The molecule has 1 saturated heterocycles. The van der Waals surface area contributed by atoms with E-state index < -0.39 is 10.0 Å². The van der Waals surface area contributed by atoms with E-state index in [1.807, 2.05) is 6.07 Å². The van der Waals surface area contributed by atoms with E-state index >= 15 is 0 Å². The smallest absolute Gasteiger partial charge is 0.243 e. The lowest BCUT2D eigenvalue weighted by molar-refractivity contribution is 0.383. The van der Waals surface area contributed by atoms with E-state index in [0.29, 0.717) is 47.0 Å². The van der Waals surface area contributed by atoms with Crippen molar-refractivity contribution in [3.05, 3.63) is 51.5 Å². The summed E-state index contributed by atoms with van der Waals surface area (Å²) in [5.74, 6) is 0.335. The summed E-state index contributed by atoms with van der Waals surface area (Å²) < 4.78 is 32.3. The lowest BCUT2D eigenvalue weighted by Crippen LogP contribution is -2.48. The first-order chi connectivity index (χ1) is 12.3. The Hall–Kier alpha value is -1.18. The van der Waals surface area contributed by atoms with E-state index in [2.05, 4.69) is 4.90 Å². The molecule has 9 heteroatoms. The molecule has 0 aliphatic carbocycles. The van der Waals surface area contributed by atoms with Crippen molar-refractivity contribution in [2.75, 3.05) is 38.2 Å². The van der Waals surface area contributed by atoms with Crippen LogP contribution in [0.4, 0.5) is 5.69 Å². The molecule has 1 aliphatic rings. The van der Waals surface area contributed by atoms with Crippen molar-refractivity contribution < 1.29 is 13.2 Å². The van der Waals surface area contributed by atoms with Gasteiger partial charge in [0.15, 0.2) is 0 Å². The zero-order chi connectivity index (χ0) is 18.9. The van der Waals surface area contributed by atoms with Gasteiger partial charge >= 0.3 is 0 Å². The number of halogens is 3. The first-order valence-corrected chi connectivity index (χ1v) is 10.4. The van der Waals surface area contributed by atoms with E-state index in [1.54, 1.807) is 12.1 Å². The number of anilines is 1. The average molecular weight is 436 g/mol. The van der Waals surface area contributed by atoms with Crippen LogP contribution in [0.25, 0.3) is 0 Å². The van der Waals surface area contributed by atoms with Crippen molar-refractivity contribution >= 4 is 50.5 Å². The molecular weight excluding hydrogens is 419 g/mol. The Balaban J connectivity index is 1.75. The molecule has 1 heterocycles. The topological polar surface area (TPSA) is 49.9 Å². The molecule has 0 spiro atoms. The summed E-state index contributed by atoms with van der Waals surface area (Å²) in [6, 6.07) is 9.87. The summed E-state index contributed by atoms with van der Waals surface area (Å²) in [7, 11) is -2.16. The summed E-state index contributed by atoms with van der Waals surface area (Å²) >= 11 is 18.0. The highest BCUT2D eigenvalue weighted by atomic mass is 35.5. The monoisotopic (exact) mass is 434 g/mol. The third-order valence-corrected chi connectivity index (χ3v) is 7.21. The van der Waals surface area contributed by atoms with Crippen LogP contribution in [0.5, 0.6) is 5.75 Å². The van der Waals surface area contributed by atoms with Crippen LogP contribution in [0, 0.1) is 0 Å². The maximum absolute atomic E-state index is 12.9. The molecule has 0 saturated carbocycles. The van der Waals surface area contributed by atoms with Gasteiger partial charge in [-0.15, -0.1) is 0 Å². The van der Waals surface area contributed by atoms with Gasteiger partial charge < -0.3 is 9.64 Å². The standard InChI is InChI=1S/C17H17Cl3N2O3S/c1-25-17-11-13(3-5-15(17)19)26(23,24)22-8-6-21(7-9-22)12-2-4-14(18)16(20)10-12/h2-5,10-11H,6-9H2,1H3. The number of methoxy groups -OCH3 is 1. The molecular formula is C17H17Cl3N2O3S. The summed E-state index contributed by atoms with van der Waals surface area (Å²) in [6.45, 7) is 1.85. The second-order valence-corrected chi connectivity index (χ2v) is 8.95. The molecule has 0 bridgehead atoms. The van der Waals surface area contributed by atoms with Gasteiger partial charge in [-0.05, 0) is 30.3 Å². The van der Waals surface area contributed by atoms with Crippen LogP contribution in [0.2, 0.25) is 15.1 Å². The second-order valence-electron chi connectivity index (χ2n) is 5.79. The number of piperazine rings is 1. The van der Waals surface area contributed by atoms with Crippen molar-refractivity contribution in [1.82, 2.24) is 4.31 Å². The van der Waals surface area contributed by atoms with Crippen LogP contribution in [-0.4, -0.2) is 46.0 Å². The van der Waals surface area contributed by atoms with Gasteiger partial charge in [-0.25, -0.2) is 8.42 Å². The Morgan fingerprint density at radius 1 is 0.885 bits per heavy atom. The molecule has 0 radical (unpaired) electrons. The minimum Gasteiger partial charge on any atom is -0.495 e. The summed E-state index contributed by atoms with van der Waals surface area (Å²) in [5, 5.41) is 1.34. The van der Waals surface area contributed by atoms with E-state index in [1.165, 1.54) is 29.6 Å².